The van der Waals surface area contributed by atoms with Crippen LogP contribution in [0.3, 0.4) is 0 Å². The molecule has 0 fully saturated rings. The molecule has 1 N–H and O–H groups in total. The number of esters is 1. The zero-order chi connectivity index (χ0) is 20.0. The number of fused-ring (bicyclic) bond motifs is 2. The van der Waals surface area contributed by atoms with E-state index in [2.05, 4.69) is 11.2 Å². The second-order valence-electron chi connectivity index (χ2n) is 6.72. The van der Waals surface area contributed by atoms with Crippen LogP contribution in [0.1, 0.15) is 17.0 Å². The van der Waals surface area contributed by atoms with Crippen molar-refractivity contribution < 1.29 is 28.5 Å². The summed E-state index contributed by atoms with van der Waals surface area (Å²) in [5.74, 6) is 4.14. The molecule has 5 rings (SSSR count). The summed E-state index contributed by atoms with van der Waals surface area (Å²) in [4.78, 5) is 12.5. The Bertz CT molecular complexity index is 1100. The quantitative estimate of drug-likeness (QED) is 0.635. The second-order valence-corrected chi connectivity index (χ2v) is 6.72. The minimum absolute atomic E-state index is 0.136. The number of carbonyl (C=O) groups excluding carboxylic acids is 1. The van der Waals surface area contributed by atoms with E-state index in [0.29, 0.717) is 28.6 Å². The summed E-state index contributed by atoms with van der Waals surface area (Å²) in [6.45, 7) is 0.517. The van der Waals surface area contributed by atoms with Crippen molar-refractivity contribution >= 4 is 11.7 Å². The Kier molecular flexibility index (Phi) is 3.98. The van der Waals surface area contributed by atoms with Crippen molar-refractivity contribution in [1.29, 1.82) is 0 Å². The Hall–Kier alpha value is -3.79. The maximum absolute atomic E-state index is 12.5. The highest BCUT2D eigenvalue weighted by atomic mass is 16.7. The summed E-state index contributed by atoms with van der Waals surface area (Å²) < 4.78 is 27.4. The maximum atomic E-state index is 12.5. The third-order valence-corrected chi connectivity index (χ3v) is 5.15. The summed E-state index contributed by atoms with van der Waals surface area (Å²) in [5, 5.41) is 3.31. The number of carbonyl (C=O) groups is 1. The molecular weight excluding hydrogens is 374 g/mol. The first kappa shape index (κ1) is 17.3. The van der Waals surface area contributed by atoms with Crippen LogP contribution in [-0.2, 0) is 9.53 Å². The van der Waals surface area contributed by atoms with E-state index in [1.54, 1.807) is 13.2 Å². The molecule has 3 heterocycles. The third kappa shape index (κ3) is 2.72. The Morgan fingerprint density at radius 3 is 2.79 bits per heavy atom. The predicted octanol–water partition coefficient (Wildman–Crippen LogP) is 2.80. The average Bonchev–Trinajstić information content (AvgIpc) is 3.35. The minimum Gasteiger partial charge on any atom is -0.493 e. The van der Waals surface area contributed by atoms with Crippen molar-refractivity contribution in [3.63, 3.8) is 0 Å². The molecule has 146 valence electrons. The van der Waals surface area contributed by atoms with Gasteiger partial charge in [-0.05, 0) is 29.3 Å². The van der Waals surface area contributed by atoms with Gasteiger partial charge < -0.3 is 29.0 Å². The summed E-state index contributed by atoms with van der Waals surface area (Å²) >= 11 is 0. The highest BCUT2D eigenvalue weighted by molar-refractivity contribution is 5.97. The van der Waals surface area contributed by atoms with Gasteiger partial charge in [0.05, 0.1) is 18.4 Å². The molecule has 29 heavy (non-hydrogen) atoms. The number of hydrogen-bond donors (Lipinski definition) is 1. The van der Waals surface area contributed by atoms with Gasteiger partial charge in [0.2, 0.25) is 6.79 Å². The Balaban J connectivity index is 1.65. The van der Waals surface area contributed by atoms with Gasteiger partial charge in [-0.1, -0.05) is 12.0 Å². The van der Waals surface area contributed by atoms with Gasteiger partial charge in [-0.25, -0.2) is 4.79 Å². The number of nitrogens with one attached hydrogen (secondary N) is 1. The Morgan fingerprint density at radius 1 is 1.17 bits per heavy atom. The van der Waals surface area contributed by atoms with Crippen molar-refractivity contribution in [2.45, 2.75) is 5.92 Å². The molecule has 0 saturated carbocycles. The van der Waals surface area contributed by atoms with Crippen LogP contribution < -0.4 is 24.3 Å². The maximum Gasteiger partial charge on any atom is 0.337 e. The normalized spacial score (nSPS) is 18.3. The first-order valence-electron chi connectivity index (χ1n) is 9.04. The van der Waals surface area contributed by atoms with Gasteiger partial charge in [-0.2, -0.15) is 0 Å². The standard InChI is InChI=1S/C22H17NO6/c1-3-6-26-16-5-4-12(7-17(16)25-2)20-13-8-18-19(29-11-28-18)9-14(13)23-15-10-27-22(24)21(15)20/h1,4-5,7-9,20,23H,6,10-11H2,2H3/t20-/m1/s1. The first-order chi connectivity index (χ1) is 14.2. The Morgan fingerprint density at radius 2 is 2.00 bits per heavy atom. The average molecular weight is 391 g/mol. The number of cyclic esters (lactones) is 1. The summed E-state index contributed by atoms with van der Waals surface area (Å²) in [6.07, 6.45) is 5.28. The molecule has 0 spiro atoms. The molecule has 0 amide bonds. The lowest BCUT2D eigenvalue weighted by Crippen LogP contribution is -2.20. The monoisotopic (exact) mass is 391 g/mol. The van der Waals surface area contributed by atoms with E-state index in [9.17, 15) is 4.79 Å². The van der Waals surface area contributed by atoms with E-state index in [1.165, 1.54) is 0 Å². The molecule has 0 unspecified atom stereocenters. The topological polar surface area (TPSA) is 75.3 Å². The van der Waals surface area contributed by atoms with E-state index in [4.69, 9.17) is 30.1 Å². The highest BCUT2D eigenvalue weighted by Gasteiger charge is 2.39. The molecular formula is C22H17NO6. The molecule has 3 aliphatic rings. The van der Waals surface area contributed by atoms with Crippen LogP contribution in [0.5, 0.6) is 23.0 Å². The van der Waals surface area contributed by atoms with Crippen LogP contribution in [0.15, 0.2) is 41.6 Å². The van der Waals surface area contributed by atoms with Crippen LogP contribution in [0.2, 0.25) is 0 Å². The van der Waals surface area contributed by atoms with Crippen LogP contribution in [0.25, 0.3) is 0 Å². The fraction of sp³-hybridized carbons (Fsp3) is 0.227. The van der Waals surface area contributed by atoms with Gasteiger partial charge in [-0.3, -0.25) is 0 Å². The zero-order valence-electron chi connectivity index (χ0n) is 15.6. The number of benzene rings is 2. The van der Waals surface area contributed by atoms with Crippen molar-refractivity contribution in [3.05, 3.63) is 52.7 Å². The largest absolute Gasteiger partial charge is 0.493 e. The molecule has 0 saturated heterocycles. The fourth-order valence-electron chi connectivity index (χ4n) is 3.88. The van der Waals surface area contributed by atoms with E-state index >= 15 is 0 Å². The van der Waals surface area contributed by atoms with E-state index in [0.717, 1.165) is 22.5 Å². The lowest BCUT2D eigenvalue weighted by molar-refractivity contribution is -0.136. The molecule has 1 atom stereocenters. The molecule has 7 nitrogen and oxygen atoms in total. The molecule has 0 aromatic heterocycles. The number of terminal acetylenes is 1. The lowest BCUT2D eigenvalue weighted by Gasteiger charge is -2.28. The van der Waals surface area contributed by atoms with E-state index < -0.39 is 0 Å². The van der Waals surface area contributed by atoms with Crippen molar-refractivity contribution in [2.75, 3.05) is 32.4 Å². The third-order valence-electron chi connectivity index (χ3n) is 5.15. The highest BCUT2D eigenvalue weighted by Crippen LogP contribution is 2.49. The molecule has 0 aliphatic carbocycles. The van der Waals surface area contributed by atoms with Crippen LogP contribution >= 0.6 is 0 Å². The van der Waals surface area contributed by atoms with E-state index in [1.807, 2.05) is 24.3 Å². The molecule has 7 heteroatoms. The van der Waals surface area contributed by atoms with Gasteiger partial charge in [-0.15, -0.1) is 6.42 Å². The van der Waals surface area contributed by atoms with Crippen LogP contribution in [-0.4, -0.2) is 33.1 Å². The smallest absolute Gasteiger partial charge is 0.337 e. The fourth-order valence-corrected chi connectivity index (χ4v) is 3.88. The van der Waals surface area contributed by atoms with Crippen LogP contribution in [0, 0.1) is 12.3 Å². The van der Waals surface area contributed by atoms with E-state index in [-0.39, 0.29) is 31.9 Å². The lowest BCUT2D eigenvalue weighted by atomic mass is 9.81. The first-order valence-corrected chi connectivity index (χ1v) is 9.04. The number of hydrogen-bond acceptors (Lipinski definition) is 7. The summed E-state index contributed by atoms with van der Waals surface area (Å²) in [7, 11) is 1.56. The molecule has 0 bridgehead atoms. The van der Waals surface area contributed by atoms with Gasteiger partial charge >= 0.3 is 5.97 Å². The van der Waals surface area contributed by atoms with Gasteiger partial charge in [0.1, 0.15) is 13.2 Å². The summed E-state index contributed by atoms with van der Waals surface area (Å²) in [5.41, 5.74) is 3.94. The van der Waals surface area contributed by atoms with Gasteiger partial charge in [0.15, 0.2) is 23.0 Å². The van der Waals surface area contributed by atoms with Crippen LogP contribution in [0.4, 0.5) is 5.69 Å². The van der Waals surface area contributed by atoms with Crippen molar-refractivity contribution in [3.8, 4) is 35.3 Å². The van der Waals surface area contributed by atoms with Gasteiger partial charge in [0.25, 0.3) is 0 Å². The number of ether oxygens (including phenoxy) is 5. The molecule has 3 aliphatic heterocycles. The minimum atomic E-state index is -0.346. The molecule has 2 aromatic carbocycles. The number of methoxy groups -OCH3 is 1. The molecule has 0 radical (unpaired) electrons. The summed E-state index contributed by atoms with van der Waals surface area (Å²) in [6, 6.07) is 9.33. The number of rotatable bonds is 4. The van der Waals surface area contributed by atoms with Crippen molar-refractivity contribution in [2.24, 2.45) is 0 Å². The van der Waals surface area contributed by atoms with Gasteiger partial charge in [0, 0.05) is 17.7 Å². The zero-order valence-corrected chi connectivity index (χ0v) is 15.6. The second kappa shape index (κ2) is 6.67. The SMILES string of the molecule is C#CCOc1ccc([C@H]2C3=C(COC3=O)Nc3cc4c(cc32)OCO4)cc1OC. The van der Waals surface area contributed by atoms with Crippen molar-refractivity contribution in [1.82, 2.24) is 0 Å². The molecule has 2 aromatic rings. The Labute approximate surface area is 167 Å². The number of anilines is 1. The predicted molar refractivity (Wildman–Crippen MR) is 103 cm³/mol.